The van der Waals surface area contributed by atoms with Crippen LogP contribution in [0.25, 0.3) is 0 Å². The number of rotatable bonds is 5. The summed E-state index contributed by atoms with van der Waals surface area (Å²) in [7, 11) is 0. The second kappa shape index (κ2) is 4.92. The maximum atomic E-state index is 5.93. The Balaban J connectivity index is 1.45. The van der Waals surface area contributed by atoms with Crippen LogP contribution in [0.1, 0.15) is 26.7 Å². The van der Waals surface area contributed by atoms with Gasteiger partial charge in [0.05, 0.1) is 5.76 Å². The fourth-order valence-electron chi connectivity index (χ4n) is 3.29. The van der Waals surface area contributed by atoms with Gasteiger partial charge in [0, 0.05) is 5.92 Å². The third-order valence-corrected chi connectivity index (χ3v) is 4.78. The molecule has 1 aromatic carbocycles. The molecular weight excluding hydrogens is 236 g/mol. The van der Waals surface area contributed by atoms with E-state index in [0.29, 0.717) is 24.5 Å². The first-order chi connectivity index (χ1) is 9.18. The van der Waals surface area contributed by atoms with Crippen LogP contribution in [0.15, 0.2) is 42.2 Å². The minimum atomic E-state index is 0.435. The topological polar surface area (TPSA) is 18.5 Å². The molecule has 0 amide bonds. The van der Waals surface area contributed by atoms with E-state index in [9.17, 15) is 0 Å². The maximum absolute atomic E-state index is 5.93. The first-order valence-electron chi connectivity index (χ1n) is 7.18. The van der Waals surface area contributed by atoms with E-state index in [4.69, 9.17) is 9.47 Å². The molecule has 0 aromatic heterocycles. The first kappa shape index (κ1) is 12.6. The molecule has 2 heteroatoms. The summed E-state index contributed by atoms with van der Waals surface area (Å²) in [4.78, 5) is 0. The quantitative estimate of drug-likeness (QED) is 0.742. The van der Waals surface area contributed by atoms with Gasteiger partial charge in [0.15, 0.2) is 0 Å². The molecule has 1 saturated carbocycles. The van der Waals surface area contributed by atoms with Crippen molar-refractivity contribution in [3.05, 3.63) is 42.2 Å². The van der Waals surface area contributed by atoms with Gasteiger partial charge in [-0.25, -0.2) is 0 Å². The number of benzene rings is 1. The van der Waals surface area contributed by atoms with E-state index >= 15 is 0 Å². The lowest BCUT2D eigenvalue weighted by Gasteiger charge is -2.55. The largest absolute Gasteiger partial charge is 0.494 e. The monoisotopic (exact) mass is 258 g/mol. The fraction of sp³-hybridized carbons (Fsp3) is 0.529. The zero-order valence-electron chi connectivity index (χ0n) is 11.8. The molecule has 0 heterocycles. The van der Waals surface area contributed by atoms with Crippen molar-refractivity contribution >= 4 is 0 Å². The molecular formula is C17H22O2. The summed E-state index contributed by atoms with van der Waals surface area (Å²) >= 11 is 0. The Morgan fingerprint density at radius 3 is 2.53 bits per heavy atom. The summed E-state index contributed by atoms with van der Waals surface area (Å²) in [6, 6.07) is 9.90. The molecule has 4 rings (SSSR count). The van der Waals surface area contributed by atoms with E-state index < -0.39 is 0 Å². The van der Waals surface area contributed by atoms with Crippen LogP contribution in [0.2, 0.25) is 0 Å². The van der Waals surface area contributed by atoms with Gasteiger partial charge in [-0.3, -0.25) is 0 Å². The highest BCUT2D eigenvalue weighted by atomic mass is 16.5. The summed E-state index contributed by atoms with van der Waals surface area (Å²) in [5.74, 6) is 3.60. The van der Waals surface area contributed by atoms with Crippen molar-refractivity contribution in [2.24, 2.45) is 17.3 Å². The van der Waals surface area contributed by atoms with Gasteiger partial charge in [-0.05, 0) is 42.4 Å². The van der Waals surface area contributed by atoms with Crippen LogP contribution in [0.4, 0.5) is 0 Å². The van der Waals surface area contributed by atoms with Gasteiger partial charge in [-0.2, -0.15) is 0 Å². The van der Waals surface area contributed by atoms with Gasteiger partial charge >= 0.3 is 0 Å². The zero-order valence-corrected chi connectivity index (χ0v) is 11.8. The van der Waals surface area contributed by atoms with Gasteiger partial charge in [-0.1, -0.05) is 32.0 Å². The van der Waals surface area contributed by atoms with Crippen LogP contribution in [-0.2, 0) is 4.74 Å². The van der Waals surface area contributed by atoms with Crippen molar-refractivity contribution in [2.45, 2.75) is 26.7 Å². The minimum absolute atomic E-state index is 0.435. The van der Waals surface area contributed by atoms with Crippen LogP contribution >= 0.6 is 0 Å². The standard InChI is InChI=1S/C17H22O2/c1-17(2)13-8-9-16(15(17)12-13)19-11-10-18-14-6-4-3-5-7-14/h3-7,9,13,15H,8,10-12H2,1-2H3. The van der Waals surface area contributed by atoms with Crippen molar-refractivity contribution < 1.29 is 9.47 Å². The van der Waals surface area contributed by atoms with Crippen molar-refractivity contribution in [3.63, 3.8) is 0 Å². The van der Waals surface area contributed by atoms with Gasteiger partial charge in [-0.15, -0.1) is 0 Å². The molecule has 0 N–H and O–H groups in total. The third kappa shape index (κ3) is 2.36. The number of para-hydroxylation sites is 1. The third-order valence-electron chi connectivity index (χ3n) is 4.78. The van der Waals surface area contributed by atoms with Crippen LogP contribution in [0.3, 0.4) is 0 Å². The molecule has 3 aliphatic carbocycles. The molecule has 1 aromatic rings. The highest BCUT2D eigenvalue weighted by Crippen LogP contribution is 2.59. The normalized spacial score (nSPS) is 27.2. The molecule has 0 saturated heterocycles. The number of ether oxygens (including phenoxy) is 2. The Labute approximate surface area is 115 Å². The Hall–Kier alpha value is -1.44. The minimum Gasteiger partial charge on any atom is -0.494 e. The summed E-state index contributed by atoms with van der Waals surface area (Å²) in [6.07, 6.45) is 4.77. The highest BCUT2D eigenvalue weighted by molar-refractivity contribution is 5.21. The molecule has 2 atom stereocenters. The van der Waals surface area contributed by atoms with E-state index in [1.807, 2.05) is 30.3 Å². The SMILES string of the molecule is CC1(C)C2CC=C(OCCOc3ccccc3)C1C2. The number of hydrogen-bond donors (Lipinski definition) is 0. The molecule has 3 aliphatic rings. The number of hydrogen-bond acceptors (Lipinski definition) is 2. The molecule has 2 nitrogen and oxygen atoms in total. The van der Waals surface area contributed by atoms with Crippen LogP contribution in [0.5, 0.6) is 5.75 Å². The van der Waals surface area contributed by atoms with E-state index in [1.54, 1.807) is 0 Å². The number of allylic oxidation sites excluding steroid dienone is 2. The summed E-state index contributed by atoms with van der Waals surface area (Å²) < 4.78 is 11.6. The average molecular weight is 258 g/mol. The molecule has 0 aliphatic heterocycles. The Bertz CT molecular complexity index is 461. The molecule has 19 heavy (non-hydrogen) atoms. The van der Waals surface area contributed by atoms with Gasteiger partial charge in [0.1, 0.15) is 19.0 Å². The van der Waals surface area contributed by atoms with E-state index in [0.717, 1.165) is 11.7 Å². The van der Waals surface area contributed by atoms with Crippen LogP contribution < -0.4 is 4.74 Å². The zero-order chi connectivity index (χ0) is 13.3. The van der Waals surface area contributed by atoms with Gasteiger partial charge < -0.3 is 9.47 Å². The summed E-state index contributed by atoms with van der Waals surface area (Å²) in [5, 5.41) is 0. The van der Waals surface area contributed by atoms with Crippen LogP contribution in [0, 0.1) is 17.3 Å². The smallest absolute Gasteiger partial charge is 0.122 e. The van der Waals surface area contributed by atoms with Gasteiger partial charge in [0.2, 0.25) is 0 Å². The number of fused-ring (bicyclic) bond motifs is 1. The lowest BCUT2D eigenvalue weighted by atomic mass is 9.50. The lowest BCUT2D eigenvalue weighted by Crippen LogP contribution is -2.48. The van der Waals surface area contributed by atoms with E-state index in [-0.39, 0.29) is 0 Å². The fourth-order valence-corrected chi connectivity index (χ4v) is 3.29. The molecule has 0 radical (unpaired) electrons. The molecule has 102 valence electrons. The second-order valence-corrected chi connectivity index (χ2v) is 6.16. The molecule has 0 spiro atoms. The summed E-state index contributed by atoms with van der Waals surface area (Å²) in [6.45, 7) is 5.97. The Morgan fingerprint density at radius 2 is 1.84 bits per heavy atom. The predicted octanol–water partition coefficient (Wildman–Crippen LogP) is 4.03. The molecule has 2 unspecified atom stereocenters. The van der Waals surface area contributed by atoms with E-state index in [2.05, 4.69) is 19.9 Å². The Morgan fingerprint density at radius 1 is 1.11 bits per heavy atom. The maximum Gasteiger partial charge on any atom is 0.122 e. The van der Waals surface area contributed by atoms with Crippen molar-refractivity contribution in [2.75, 3.05) is 13.2 Å². The average Bonchev–Trinajstić information content (AvgIpc) is 2.45. The van der Waals surface area contributed by atoms with Crippen LogP contribution in [-0.4, -0.2) is 13.2 Å². The predicted molar refractivity (Wildman–Crippen MR) is 76.0 cm³/mol. The molecule has 2 bridgehead atoms. The van der Waals surface area contributed by atoms with E-state index in [1.165, 1.54) is 18.6 Å². The highest BCUT2D eigenvalue weighted by Gasteiger charge is 2.52. The Kier molecular flexibility index (Phi) is 3.26. The lowest BCUT2D eigenvalue weighted by molar-refractivity contribution is -0.0489. The van der Waals surface area contributed by atoms with Gasteiger partial charge in [0.25, 0.3) is 0 Å². The van der Waals surface area contributed by atoms with Crippen molar-refractivity contribution in [3.8, 4) is 5.75 Å². The van der Waals surface area contributed by atoms with Crippen molar-refractivity contribution in [1.29, 1.82) is 0 Å². The summed E-state index contributed by atoms with van der Waals surface area (Å²) in [5.41, 5.74) is 0.435. The second-order valence-electron chi connectivity index (χ2n) is 6.16. The first-order valence-corrected chi connectivity index (χ1v) is 7.18. The van der Waals surface area contributed by atoms with Crippen molar-refractivity contribution in [1.82, 2.24) is 0 Å². The molecule has 1 fully saturated rings.